The molecule has 0 radical (unpaired) electrons. The number of hydrogen-bond acceptors (Lipinski definition) is 5. The lowest BCUT2D eigenvalue weighted by Crippen LogP contribution is -2.39. The minimum Gasteiger partial charge on any atom is -0.458 e. The fourth-order valence-electron chi connectivity index (χ4n) is 3.45. The summed E-state index contributed by atoms with van der Waals surface area (Å²) in [6.07, 6.45) is 3.36. The Kier molecular flexibility index (Phi) is 5.59. The van der Waals surface area contributed by atoms with Gasteiger partial charge in [-0.3, -0.25) is 9.36 Å². The van der Waals surface area contributed by atoms with Crippen LogP contribution in [0.15, 0.2) is 94.4 Å². The summed E-state index contributed by atoms with van der Waals surface area (Å²) in [5, 5.41) is 0. The maximum atomic E-state index is 13.4. The van der Waals surface area contributed by atoms with E-state index in [2.05, 4.69) is 11.6 Å². The normalized spacial score (nSPS) is 16.0. The molecule has 0 spiro atoms. The molecule has 0 aliphatic carbocycles. The molecule has 150 valence electrons. The van der Waals surface area contributed by atoms with Crippen LogP contribution in [-0.4, -0.2) is 17.1 Å². The standard InChI is InChI=1S/C24H20N2O3S/c1-3-14-29-23(28)20-16(2)25-24-26(21(20)18-12-8-5-9-13-18)22(27)19(30-24)15-17-10-6-4-7-11-17/h3-13,15,21H,1,14H2,2H3/b19-15+. The number of benzene rings is 2. The molecule has 0 saturated carbocycles. The van der Waals surface area contributed by atoms with Crippen molar-refractivity contribution in [2.24, 2.45) is 4.99 Å². The van der Waals surface area contributed by atoms with Crippen molar-refractivity contribution in [3.63, 3.8) is 0 Å². The van der Waals surface area contributed by atoms with E-state index in [1.807, 2.05) is 66.7 Å². The van der Waals surface area contributed by atoms with Crippen LogP contribution in [0.3, 0.4) is 0 Å². The van der Waals surface area contributed by atoms with Gasteiger partial charge in [0.2, 0.25) is 0 Å². The number of aromatic nitrogens is 1. The van der Waals surface area contributed by atoms with Gasteiger partial charge in [0.25, 0.3) is 5.56 Å². The second-order valence-corrected chi connectivity index (χ2v) is 7.80. The zero-order valence-corrected chi connectivity index (χ0v) is 17.3. The molecule has 0 amide bonds. The first-order valence-corrected chi connectivity index (χ1v) is 10.3. The summed E-state index contributed by atoms with van der Waals surface area (Å²) in [5.41, 5.74) is 2.48. The van der Waals surface area contributed by atoms with E-state index >= 15 is 0 Å². The predicted octanol–water partition coefficient (Wildman–Crippen LogP) is 2.96. The highest BCUT2D eigenvalue weighted by Crippen LogP contribution is 2.30. The monoisotopic (exact) mass is 416 g/mol. The van der Waals surface area contributed by atoms with Gasteiger partial charge >= 0.3 is 5.97 Å². The van der Waals surface area contributed by atoms with E-state index in [1.165, 1.54) is 17.4 Å². The van der Waals surface area contributed by atoms with Crippen LogP contribution in [0.2, 0.25) is 0 Å². The van der Waals surface area contributed by atoms with Crippen LogP contribution in [0.5, 0.6) is 0 Å². The number of ether oxygens (including phenoxy) is 1. The van der Waals surface area contributed by atoms with Crippen LogP contribution in [0.1, 0.15) is 24.1 Å². The molecule has 1 atom stereocenters. The van der Waals surface area contributed by atoms with Crippen LogP contribution in [0.25, 0.3) is 6.08 Å². The van der Waals surface area contributed by atoms with Crippen molar-refractivity contribution in [3.05, 3.63) is 115 Å². The Morgan fingerprint density at radius 3 is 2.50 bits per heavy atom. The van der Waals surface area contributed by atoms with Gasteiger partial charge in [-0.1, -0.05) is 84.7 Å². The molecule has 1 aromatic heterocycles. The first-order valence-electron chi connectivity index (χ1n) is 9.50. The molecule has 0 bridgehead atoms. The summed E-state index contributed by atoms with van der Waals surface area (Å²) in [6, 6.07) is 18.5. The summed E-state index contributed by atoms with van der Waals surface area (Å²) >= 11 is 1.32. The van der Waals surface area contributed by atoms with E-state index in [-0.39, 0.29) is 12.2 Å². The average Bonchev–Trinajstić information content (AvgIpc) is 3.07. The lowest BCUT2D eigenvalue weighted by molar-refractivity contribution is -0.138. The molecule has 5 nitrogen and oxygen atoms in total. The van der Waals surface area contributed by atoms with Crippen LogP contribution in [0, 0.1) is 0 Å². The molecule has 0 saturated heterocycles. The maximum absolute atomic E-state index is 13.4. The van der Waals surface area contributed by atoms with Crippen molar-refractivity contribution in [1.82, 2.24) is 4.57 Å². The van der Waals surface area contributed by atoms with Crippen LogP contribution < -0.4 is 14.9 Å². The second-order valence-electron chi connectivity index (χ2n) is 6.79. The highest BCUT2D eigenvalue weighted by molar-refractivity contribution is 7.07. The minimum atomic E-state index is -0.599. The molecule has 0 N–H and O–H groups in total. The second kappa shape index (κ2) is 8.47. The van der Waals surface area contributed by atoms with Crippen LogP contribution in [0.4, 0.5) is 0 Å². The van der Waals surface area contributed by atoms with Crippen molar-refractivity contribution in [1.29, 1.82) is 0 Å². The lowest BCUT2D eigenvalue weighted by atomic mass is 9.96. The molecular formula is C24H20N2O3S. The molecule has 6 heteroatoms. The molecule has 4 rings (SSSR count). The van der Waals surface area contributed by atoms with Gasteiger partial charge in [0.15, 0.2) is 4.80 Å². The van der Waals surface area contributed by atoms with Crippen molar-refractivity contribution < 1.29 is 9.53 Å². The Bertz CT molecular complexity index is 1300. The highest BCUT2D eigenvalue weighted by Gasteiger charge is 2.33. The topological polar surface area (TPSA) is 60.7 Å². The van der Waals surface area contributed by atoms with E-state index in [9.17, 15) is 9.59 Å². The summed E-state index contributed by atoms with van der Waals surface area (Å²) < 4.78 is 7.47. The van der Waals surface area contributed by atoms with Gasteiger partial charge in [-0.25, -0.2) is 9.79 Å². The van der Waals surface area contributed by atoms with E-state index in [0.717, 1.165) is 11.1 Å². The Labute approximate surface area is 177 Å². The number of rotatable bonds is 5. The van der Waals surface area contributed by atoms with Gasteiger partial charge < -0.3 is 4.74 Å². The quantitative estimate of drug-likeness (QED) is 0.475. The van der Waals surface area contributed by atoms with Crippen molar-refractivity contribution in [3.8, 4) is 0 Å². The molecule has 0 fully saturated rings. The van der Waals surface area contributed by atoms with Crippen LogP contribution in [-0.2, 0) is 9.53 Å². The first-order chi connectivity index (χ1) is 14.6. The summed E-state index contributed by atoms with van der Waals surface area (Å²) in [5.74, 6) is -0.498. The van der Waals surface area contributed by atoms with Crippen molar-refractivity contribution >= 4 is 23.4 Å². The molecule has 2 aromatic carbocycles. The zero-order chi connectivity index (χ0) is 21.1. The number of esters is 1. The predicted molar refractivity (Wildman–Crippen MR) is 118 cm³/mol. The Hall–Kier alpha value is -3.51. The smallest absolute Gasteiger partial charge is 0.338 e. The molecule has 1 unspecified atom stereocenters. The first kappa shape index (κ1) is 19.8. The molecule has 30 heavy (non-hydrogen) atoms. The van der Waals surface area contributed by atoms with Gasteiger partial charge in [0.1, 0.15) is 6.61 Å². The third-order valence-corrected chi connectivity index (χ3v) is 5.77. The molecular weight excluding hydrogens is 396 g/mol. The summed E-state index contributed by atoms with van der Waals surface area (Å²) in [4.78, 5) is 31.4. The third-order valence-electron chi connectivity index (χ3n) is 4.79. The largest absolute Gasteiger partial charge is 0.458 e. The Balaban J connectivity index is 1.93. The van der Waals surface area contributed by atoms with E-state index in [1.54, 1.807) is 11.5 Å². The Morgan fingerprint density at radius 1 is 1.17 bits per heavy atom. The number of allylic oxidation sites excluding steroid dienone is 1. The highest BCUT2D eigenvalue weighted by atomic mass is 32.1. The maximum Gasteiger partial charge on any atom is 0.338 e. The zero-order valence-electron chi connectivity index (χ0n) is 16.4. The molecule has 1 aliphatic rings. The number of carbonyl (C=O) groups is 1. The Morgan fingerprint density at radius 2 is 1.83 bits per heavy atom. The number of fused-ring (bicyclic) bond motifs is 1. The minimum absolute atomic E-state index is 0.0928. The number of carbonyl (C=O) groups excluding carboxylic acids is 1. The average molecular weight is 417 g/mol. The van der Waals surface area contributed by atoms with E-state index < -0.39 is 12.0 Å². The lowest BCUT2D eigenvalue weighted by Gasteiger charge is -2.24. The summed E-state index contributed by atoms with van der Waals surface area (Å²) in [7, 11) is 0. The van der Waals surface area contributed by atoms with Gasteiger partial charge in [0, 0.05) is 0 Å². The van der Waals surface area contributed by atoms with Crippen molar-refractivity contribution in [2.75, 3.05) is 6.61 Å². The van der Waals surface area contributed by atoms with Crippen molar-refractivity contribution in [2.45, 2.75) is 13.0 Å². The number of nitrogens with zero attached hydrogens (tertiary/aromatic N) is 2. The van der Waals surface area contributed by atoms with Gasteiger partial charge in [0.05, 0.1) is 21.8 Å². The summed E-state index contributed by atoms with van der Waals surface area (Å²) in [6.45, 7) is 5.46. The molecule has 2 heterocycles. The third kappa shape index (κ3) is 3.69. The number of hydrogen-bond donors (Lipinski definition) is 0. The molecule has 1 aliphatic heterocycles. The fourth-order valence-corrected chi connectivity index (χ4v) is 4.49. The fraction of sp³-hybridized carbons (Fsp3) is 0.125. The van der Waals surface area contributed by atoms with E-state index in [0.29, 0.717) is 20.6 Å². The van der Waals surface area contributed by atoms with Crippen LogP contribution >= 0.6 is 11.3 Å². The number of thiazole rings is 1. The van der Waals surface area contributed by atoms with Gasteiger partial charge in [-0.15, -0.1) is 0 Å². The molecule has 3 aromatic rings. The SMILES string of the molecule is C=CCOC(=O)C1=C(C)N=c2s/c(=C/c3ccccc3)c(=O)n2C1c1ccccc1. The van der Waals surface area contributed by atoms with Gasteiger partial charge in [-0.05, 0) is 24.1 Å². The van der Waals surface area contributed by atoms with E-state index in [4.69, 9.17) is 4.74 Å². The van der Waals surface area contributed by atoms with Gasteiger partial charge in [-0.2, -0.15) is 0 Å².